The first-order chi connectivity index (χ1) is 13.5. The number of urea groups is 1. The van der Waals surface area contributed by atoms with Crippen molar-refractivity contribution in [3.8, 4) is 0 Å². The van der Waals surface area contributed by atoms with E-state index in [1.807, 2.05) is 0 Å². The molecule has 1 aliphatic heterocycles. The molecule has 13 heteroatoms. The van der Waals surface area contributed by atoms with E-state index < -0.39 is 48.1 Å². The number of anilines is 1. The first kappa shape index (κ1) is 22.1. The molecule has 1 aromatic heterocycles. The lowest BCUT2D eigenvalue weighted by Crippen LogP contribution is -2.52. The standard InChI is InChI=1S/C16H23N5O8/c1-6(2)10(17-15(28)18-11(7(3)22)14(26)27)12-19-20-16(29-12)21-8(13(24)25)4-5-9(21)23/h6-8,10-11,22H,4-5H2,1-3H3,(H,24,25)(H,26,27)(H2,17,18,28)/t7?,8-,10?,11?/m1/s1. The minimum absolute atomic E-state index is 0.0267. The van der Waals surface area contributed by atoms with E-state index in [2.05, 4.69) is 20.8 Å². The van der Waals surface area contributed by atoms with Gasteiger partial charge in [0, 0.05) is 6.42 Å². The van der Waals surface area contributed by atoms with Crippen LogP contribution >= 0.6 is 0 Å². The smallest absolute Gasteiger partial charge is 0.328 e. The van der Waals surface area contributed by atoms with Crippen molar-refractivity contribution < 1.29 is 38.9 Å². The lowest BCUT2D eigenvalue weighted by molar-refractivity contribution is -0.142. The number of carbonyl (C=O) groups excluding carboxylic acids is 2. The number of nitrogens with zero attached hydrogens (tertiary/aromatic N) is 3. The summed E-state index contributed by atoms with van der Waals surface area (Å²) in [6.45, 7) is 4.66. The Kier molecular flexibility index (Phi) is 6.74. The average Bonchev–Trinajstić information content (AvgIpc) is 3.23. The summed E-state index contributed by atoms with van der Waals surface area (Å²) in [5, 5.41) is 39.9. The zero-order valence-corrected chi connectivity index (χ0v) is 16.0. The van der Waals surface area contributed by atoms with Crippen LogP contribution in [0.1, 0.15) is 45.5 Å². The van der Waals surface area contributed by atoms with Gasteiger partial charge in [0.1, 0.15) is 12.1 Å². The fourth-order valence-corrected chi connectivity index (χ4v) is 2.83. The summed E-state index contributed by atoms with van der Waals surface area (Å²) in [5.41, 5.74) is 0. The zero-order chi connectivity index (χ0) is 21.9. The zero-order valence-electron chi connectivity index (χ0n) is 16.0. The van der Waals surface area contributed by atoms with Gasteiger partial charge in [-0.3, -0.25) is 4.79 Å². The number of rotatable bonds is 8. The molecule has 2 heterocycles. The Morgan fingerprint density at radius 1 is 1.17 bits per heavy atom. The number of carboxylic acid groups (broad SMARTS) is 2. The number of hydrogen-bond donors (Lipinski definition) is 5. The molecule has 0 saturated carbocycles. The van der Waals surface area contributed by atoms with E-state index in [1.54, 1.807) is 13.8 Å². The van der Waals surface area contributed by atoms with Crippen LogP contribution in [0.5, 0.6) is 0 Å². The Bertz CT molecular complexity index is 792. The van der Waals surface area contributed by atoms with E-state index in [0.717, 1.165) is 4.90 Å². The molecule has 0 bridgehead atoms. The van der Waals surface area contributed by atoms with Crippen molar-refractivity contribution in [1.82, 2.24) is 20.8 Å². The third-order valence-corrected chi connectivity index (χ3v) is 4.39. The number of aliphatic hydroxyl groups excluding tert-OH is 1. The van der Waals surface area contributed by atoms with Gasteiger partial charge in [-0.1, -0.05) is 18.9 Å². The molecule has 160 valence electrons. The van der Waals surface area contributed by atoms with Crippen LogP contribution in [-0.2, 0) is 14.4 Å². The lowest BCUT2D eigenvalue weighted by Gasteiger charge is -2.22. The van der Waals surface area contributed by atoms with Crippen molar-refractivity contribution in [2.24, 2.45) is 5.92 Å². The molecule has 3 unspecified atom stereocenters. The number of aromatic nitrogens is 2. The molecule has 4 atom stereocenters. The molecule has 5 N–H and O–H groups in total. The second-order valence-electron chi connectivity index (χ2n) is 6.98. The van der Waals surface area contributed by atoms with Crippen LogP contribution < -0.4 is 15.5 Å². The molecule has 1 aliphatic rings. The van der Waals surface area contributed by atoms with Gasteiger partial charge in [-0.2, -0.15) is 0 Å². The van der Waals surface area contributed by atoms with Crippen molar-refractivity contribution in [2.45, 2.75) is 57.8 Å². The van der Waals surface area contributed by atoms with Gasteiger partial charge in [-0.05, 0) is 19.3 Å². The van der Waals surface area contributed by atoms with Crippen molar-refractivity contribution in [3.05, 3.63) is 5.89 Å². The third kappa shape index (κ3) is 4.99. The molecule has 1 aromatic rings. The van der Waals surface area contributed by atoms with Gasteiger partial charge in [-0.15, -0.1) is 5.10 Å². The molecular formula is C16H23N5O8. The van der Waals surface area contributed by atoms with Gasteiger partial charge in [0.05, 0.1) is 6.10 Å². The minimum atomic E-state index is -1.53. The van der Waals surface area contributed by atoms with Gasteiger partial charge in [0.15, 0.2) is 6.04 Å². The highest BCUT2D eigenvalue weighted by atomic mass is 16.4. The van der Waals surface area contributed by atoms with Crippen LogP contribution in [0.2, 0.25) is 0 Å². The number of carboxylic acids is 2. The molecule has 1 saturated heterocycles. The Hall–Kier alpha value is -3.22. The fraction of sp³-hybridized carbons (Fsp3) is 0.625. The molecule has 29 heavy (non-hydrogen) atoms. The Morgan fingerprint density at radius 2 is 1.83 bits per heavy atom. The maximum atomic E-state index is 12.2. The van der Waals surface area contributed by atoms with Crippen molar-refractivity contribution >= 4 is 29.9 Å². The predicted octanol–water partition coefficient (Wildman–Crippen LogP) is -0.520. The summed E-state index contributed by atoms with van der Waals surface area (Å²) in [6.07, 6.45) is -1.20. The topological polar surface area (TPSA) is 195 Å². The highest BCUT2D eigenvalue weighted by molar-refractivity contribution is 6.00. The highest BCUT2D eigenvalue weighted by Crippen LogP contribution is 2.29. The van der Waals surface area contributed by atoms with Crippen molar-refractivity contribution in [3.63, 3.8) is 0 Å². The van der Waals surface area contributed by atoms with Crippen LogP contribution in [0, 0.1) is 5.92 Å². The molecule has 0 spiro atoms. The summed E-state index contributed by atoms with van der Waals surface area (Å²) in [4.78, 5) is 47.5. The summed E-state index contributed by atoms with van der Waals surface area (Å²) in [7, 11) is 0. The van der Waals surface area contributed by atoms with E-state index in [0.29, 0.717) is 0 Å². The van der Waals surface area contributed by atoms with Crippen LogP contribution in [0.3, 0.4) is 0 Å². The summed E-state index contributed by atoms with van der Waals surface area (Å²) >= 11 is 0. The van der Waals surface area contributed by atoms with Crippen molar-refractivity contribution in [2.75, 3.05) is 4.90 Å². The maximum Gasteiger partial charge on any atom is 0.328 e. The van der Waals surface area contributed by atoms with E-state index in [4.69, 9.17) is 9.52 Å². The molecule has 13 nitrogen and oxygen atoms in total. The first-order valence-corrected chi connectivity index (χ1v) is 8.89. The van der Waals surface area contributed by atoms with E-state index in [-0.39, 0.29) is 30.7 Å². The molecule has 3 amide bonds. The van der Waals surface area contributed by atoms with Crippen LogP contribution in [0.15, 0.2) is 4.42 Å². The number of aliphatic carboxylic acids is 2. The SMILES string of the molecule is CC(C)C(NC(=O)NC(C(=O)O)C(C)O)c1nnc(N2C(=O)CC[C@@H]2C(=O)O)o1. The first-order valence-electron chi connectivity index (χ1n) is 8.89. The maximum absolute atomic E-state index is 12.2. The second kappa shape index (κ2) is 8.86. The minimum Gasteiger partial charge on any atom is -0.480 e. The Balaban J connectivity index is 2.18. The van der Waals surface area contributed by atoms with Crippen molar-refractivity contribution in [1.29, 1.82) is 0 Å². The van der Waals surface area contributed by atoms with Gasteiger partial charge in [0.2, 0.25) is 11.8 Å². The molecule has 0 radical (unpaired) electrons. The van der Waals surface area contributed by atoms with E-state index in [1.165, 1.54) is 6.92 Å². The van der Waals surface area contributed by atoms with E-state index >= 15 is 0 Å². The number of nitrogens with one attached hydrogen (secondary N) is 2. The van der Waals surface area contributed by atoms with Gasteiger partial charge in [-0.25, -0.2) is 19.3 Å². The molecule has 1 fully saturated rings. The normalized spacial score (nSPS) is 19.7. The van der Waals surface area contributed by atoms with Gasteiger partial charge in [0.25, 0.3) is 0 Å². The summed E-state index contributed by atoms with van der Waals surface area (Å²) < 4.78 is 5.45. The second-order valence-corrected chi connectivity index (χ2v) is 6.98. The monoisotopic (exact) mass is 413 g/mol. The number of amides is 3. The van der Waals surface area contributed by atoms with Crippen LogP contribution in [0.25, 0.3) is 0 Å². The van der Waals surface area contributed by atoms with E-state index in [9.17, 15) is 29.4 Å². The molecule has 0 aromatic carbocycles. The van der Waals surface area contributed by atoms with Crippen LogP contribution in [-0.4, -0.2) is 67.6 Å². The van der Waals surface area contributed by atoms with Crippen LogP contribution in [0.4, 0.5) is 10.8 Å². The van der Waals surface area contributed by atoms with Gasteiger partial charge < -0.3 is 30.4 Å². The predicted molar refractivity (Wildman–Crippen MR) is 94.8 cm³/mol. The third-order valence-electron chi connectivity index (χ3n) is 4.39. The number of hydrogen-bond acceptors (Lipinski definition) is 8. The number of carbonyl (C=O) groups is 4. The molecule has 0 aliphatic carbocycles. The quantitative estimate of drug-likeness (QED) is 0.370. The largest absolute Gasteiger partial charge is 0.480 e. The molecular weight excluding hydrogens is 390 g/mol. The Labute approximate surface area is 165 Å². The van der Waals surface area contributed by atoms with Gasteiger partial charge >= 0.3 is 24.0 Å². The summed E-state index contributed by atoms with van der Waals surface area (Å²) in [5.74, 6) is -3.46. The summed E-state index contributed by atoms with van der Waals surface area (Å²) in [6, 6.07) is -4.69. The fourth-order valence-electron chi connectivity index (χ4n) is 2.83. The lowest BCUT2D eigenvalue weighted by atomic mass is 10.0. The highest BCUT2D eigenvalue weighted by Gasteiger charge is 2.41. The average molecular weight is 413 g/mol. The number of aliphatic hydroxyl groups is 1. The molecule has 2 rings (SSSR count). The Morgan fingerprint density at radius 3 is 2.34 bits per heavy atom.